The molecule has 4 heteroatoms. The summed E-state index contributed by atoms with van der Waals surface area (Å²) in [6.45, 7) is 0. The summed E-state index contributed by atoms with van der Waals surface area (Å²) in [7, 11) is 0. The van der Waals surface area contributed by atoms with Crippen LogP contribution in [0.5, 0.6) is 0 Å². The van der Waals surface area contributed by atoms with E-state index in [0.29, 0.717) is 0 Å². The maximum Gasteiger partial charge on any atom is 0.358 e. The second-order valence-corrected chi connectivity index (χ2v) is 1.85. The summed E-state index contributed by atoms with van der Waals surface area (Å²) in [5.41, 5.74) is -1.03. The molecule has 11 heavy (non-hydrogen) atoms. The Morgan fingerprint density at radius 3 is 2.82 bits per heavy atom. The van der Waals surface area contributed by atoms with Crippen LogP contribution in [0.4, 0.5) is 0 Å². The van der Waals surface area contributed by atoms with Gasteiger partial charge in [0, 0.05) is 6.20 Å². The van der Waals surface area contributed by atoms with Crippen LogP contribution in [0.3, 0.4) is 0 Å². The molecule has 0 unspecified atom stereocenters. The molecule has 0 amide bonds. The largest absolute Gasteiger partial charge is 0.476 e. The Morgan fingerprint density at radius 2 is 2.18 bits per heavy atom. The van der Waals surface area contributed by atoms with Crippen LogP contribution in [0.2, 0.25) is 0 Å². The normalized spacial score (nSPS) is 9.09. The molecule has 0 fully saturated rings. The SMILES string of the molecule is O=C(O)c1nccccc1=O. The highest BCUT2D eigenvalue weighted by molar-refractivity contribution is 5.84. The van der Waals surface area contributed by atoms with Gasteiger partial charge in [0.2, 0.25) is 5.43 Å². The van der Waals surface area contributed by atoms with Gasteiger partial charge in [-0.1, -0.05) is 6.07 Å². The van der Waals surface area contributed by atoms with Crippen molar-refractivity contribution in [2.45, 2.75) is 0 Å². The van der Waals surface area contributed by atoms with Gasteiger partial charge in [0.1, 0.15) is 0 Å². The lowest BCUT2D eigenvalue weighted by Gasteiger charge is -1.81. The van der Waals surface area contributed by atoms with Crippen molar-refractivity contribution in [2.75, 3.05) is 0 Å². The number of hydrogen-bond donors (Lipinski definition) is 1. The van der Waals surface area contributed by atoms with Gasteiger partial charge in [-0.25, -0.2) is 9.78 Å². The van der Waals surface area contributed by atoms with E-state index in [2.05, 4.69) is 4.98 Å². The summed E-state index contributed by atoms with van der Waals surface area (Å²) in [5.74, 6) is -1.30. The molecule has 1 rings (SSSR count). The van der Waals surface area contributed by atoms with Gasteiger partial charge in [-0.3, -0.25) is 4.79 Å². The van der Waals surface area contributed by atoms with E-state index >= 15 is 0 Å². The van der Waals surface area contributed by atoms with Crippen molar-refractivity contribution in [1.82, 2.24) is 4.98 Å². The third-order valence-corrected chi connectivity index (χ3v) is 1.08. The van der Waals surface area contributed by atoms with Crippen LogP contribution in [-0.4, -0.2) is 16.1 Å². The third kappa shape index (κ3) is 1.61. The van der Waals surface area contributed by atoms with E-state index < -0.39 is 17.1 Å². The number of hydrogen-bond acceptors (Lipinski definition) is 3. The minimum Gasteiger partial charge on any atom is -0.476 e. The first-order chi connectivity index (χ1) is 5.22. The Hall–Kier alpha value is -1.71. The third-order valence-electron chi connectivity index (χ3n) is 1.08. The second-order valence-electron chi connectivity index (χ2n) is 1.85. The van der Waals surface area contributed by atoms with Gasteiger partial charge in [0.15, 0.2) is 5.69 Å². The van der Waals surface area contributed by atoms with Crippen molar-refractivity contribution in [3.05, 3.63) is 40.3 Å². The zero-order valence-corrected chi connectivity index (χ0v) is 5.52. The van der Waals surface area contributed by atoms with Crippen LogP contribution in [0, 0.1) is 0 Å². The highest BCUT2D eigenvalue weighted by Gasteiger charge is 2.05. The smallest absolute Gasteiger partial charge is 0.358 e. The van der Waals surface area contributed by atoms with Crippen LogP contribution in [-0.2, 0) is 0 Å². The van der Waals surface area contributed by atoms with Crippen LogP contribution in [0.15, 0.2) is 29.2 Å². The van der Waals surface area contributed by atoms with Crippen LogP contribution in [0.25, 0.3) is 0 Å². The maximum atomic E-state index is 10.8. The predicted octanol–water partition coefficient (Wildman–Crippen LogP) is 0.140. The number of rotatable bonds is 1. The van der Waals surface area contributed by atoms with Gasteiger partial charge in [-0.2, -0.15) is 0 Å². The quantitative estimate of drug-likeness (QED) is 0.619. The Balaban J connectivity index is 3.41. The number of carboxylic acids is 1. The standard InChI is InChI=1S/C7H5NO3/c9-5-3-1-2-4-8-6(5)7(10)11/h1-4H,(H,10,11). The van der Waals surface area contributed by atoms with Gasteiger partial charge in [0.05, 0.1) is 0 Å². The number of carbonyl (C=O) groups is 1. The van der Waals surface area contributed by atoms with Crippen molar-refractivity contribution in [3.63, 3.8) is 0 Å². The van der Waals surface area contributed by atoms with Crippen molar-refractivity contribution >= 4 is 5.97 Å². The highest BCUT2D eigenvalue weighted by atomic mass is 16.4. The van der Waals surface area contributed by atoms with E-state index in [1.54, 1.807) is 0 Å². The molecule has 1 aromatic rings. The fourth-order valence-corrected chi connectivity index (χ4v) is 0.613. The molecule has 0 aliphatic heterocycles. The predicted molar refractivity (Wildman–Crippen MR) is 37.5 cm³/mol. The summed E-state index contributed by atoms with van der Waals surface area (Å²) < 4.78 is 0. The minimum atomic E-state index is -1.30. The van der Waals surface area contributed by atoms with E-state index in [-0.39, 0.29) is 0 Å². The average Bonchev–Trinajstić information content (AvgIpc) is 2.13. The second kappa shape index (κ2) is 2.92. The Kier molecular flexibility index (Phi) is 1.96. The Morgan fingerprint density at radius 1 is 1.45 bits per heavy atom. The molecular formula is C7H5NO3. The lowest BCUT2D eigenvalue weighted by molar-refractivity contribution is 0.0689. The molecule has 0 saturated carbocycles. The average molecular weight is 151 g/mol. The summed E-state index contributed by atoms with van der Waals surface area (Å²) >= 11 is 0. The van der Waals surface area contributed by atoms with Crippen molar-refractivity contribution in [2.24, 2.45) is 0 Å². The topological polar surface area (TPSA) is 67.3 Å². The molecule has 0 atom stereocenters. The van der Waals surface area contributed by atoms with Gasteiger partial charge < -0.3 is 5.11 Å². The van der Waals surface area contributed by atoms with E-state index in [4.69, 9.17) is 5.11 Å². The van der Waals surface area contributed by atoms with Crippen molar-refractivity contribution < 1.29 is 9.90 Å². The zero-order chi connectivity index (χ0) is 8.27. The van der Waals surface area contributed by atoms with E-state index in [1.807, 2.05) is 0 Å². The number of aromatic carboxylic acids is 1. The van der Waals surface area contributed by atoms with Crippen molar-refractivity contribution in [1.29, 1.82) is 0 Å². The summed E-state index contributed by atoms with van der Waals surface area (Å²) in [6.07, 6.45) is 1.27. The first-order valence-corrected chi connectivity index (χ1v) is 2.90. The molecule has 0 bridgehead atoms. The van der Waals surface area contributed by atoms with Gasteiger partial charge in [0.25, 0.3) is 0 Å². The molecule has 0 saturated heterocycles. The molecule has 56 valence electrons. The van der Waals surface area contributed by atoms with E-state index in [0.717, 1.165) is 6.07 Å². The van der Waals surface area contributed by atoms with E-state index in [9.17, 15) is 9.59 Å². The van der Waals surface area contributed by atoms with Crippen LogP contribution in [0.1, 0.15) is 10.5 Å². The first-order valence-electron chi connectivity index (χ1n) is 2.90. The molecule has 4 nitrogen and oxygen atoms in total. The number of carboxylic acid groups (broad SMARTS) is 1. The molecule has 0 spiro atoms. The minimum absolute atomic E-state index is 0.449. The molecule has 0 aliphatic carbocycles. The lowest BCUT2D eigenvalue weighted by atomic mass is 10.4. The maximum absolute atomic E-state index is 10.8. The molecule has 1 N–H and O–H groups in total. The van der Waals surface area contributed by atoms with Gasteiger partial charge >= 0.3 is 5.97 Å². The number of nitrogens with zero attached hydrogens (tertiary/aromatic N) is 1. The number of aromatic nitrogens is 1. The fraction of sp³-hybridized carbons (Fsp3) is 0. The lowest BCUT2D eigenvalue weighted by Crippen LogP contribution is -2.12. The fourth-order valence-electron chi connectivity index (χ4n) is 0.613. The zero-order valence-electron chi connectivity index (χ0n) is 5.52. The molecule has 0 aromatic carbocycles. The van der Waals surface area contributed by atoms with Crippen molar-refractivity contribution in [3.8, 4) is 0 Å². The summed E-state index contributed by atoms with van der Waals surface area (Å²) in [6, 6.07) is 4.10. The van der Waals surface area contributed by atoms with Crippen LogP contribution < -0.4 is 5.43 Å². The molecular weight excluding hydrogens is 146 g/mol. The summed E-state index contributed by atoms with van der Waals surface area (Å²) in [5, 5.41) is 8.41. The van der Waals surface area contributed by atoms with Gasteiger partial charge in [-0.05, 0) is 12.1 Å². The molecule has 1 aromatic heterocycles. The van der Waals surface area contributed by atoms with E-state index in [1.165, 1.54) is 18.3 Å². The molecule has 0 radical (unpaired) electrons. The monoisotopic (exact) mass is 151 g/mol. The first kappa shape index (κ1) is 7.40. The van der Waals surface area contributed by atoms with Crippen LogP contribution >= 0.6 is 0 Å². The Bertz CT molecular complexity index is 335. The molecule has 1 heterocycles. The molecule has 0 aliphatic rings. The summed E-state index contributed by atoms with van der Waals surface area (Å²) in [4.78, 5) is 24.5. The Labute approximate surface area is 62.1 Å². The van der Waals surface area contributed by atoms with Gasteiger partial charge in [-0.15, -0.1) is 0 Å². The highest BCUT2D eigenvalue weighted by Crippen LogP contribution is 1.82.